The number of hydrogen-bond donors (Lipinski definition) is 8. The van der Waals surface area contributed by atoms with Crippen LogP contribution in [-0.4, -0.2) is 123 Å². The van der Waals surface area contributed by atoms with Crippen molar-refractivity contribution in [1.29, 1.82) is 0 Å². The molecule has 43 heavy (non-hydrogen) atoms. The summed E-state index contributed by atoms with van der Waals surface area (Å²) >= 11 is 0. The third-order valence-corrected chi connectivity index (χ3v) is 7.53. The Morgan fingerprint density at radius 2 is 1.53 bits per heavy atom. The van der Waals surface area contributed by atoms with E-state index in [1.54, 1.807) is 0 Å². The summed E-state index contributed by atoms with van der Waals surface area (Å²) in [6.07, 6.45) is -15.8. The molecule has 2 fully saturated rings. The van der Waals surface area contributed by atoms with Gasteiger partial charge in [-0.25, -0.2) is 0 Å². The number of benzene rings is 2. The van der Waals surface area contributed by atoms with Gasteiger partial charge in [-0.3, -0.25) is 4.79 Å². The standard InChI is InChI=1S/C27H32O16/c1-8-17(30)21(34)23(36)26(39-8)43-25-22(35)19(32)15(7-28)42-27(25)41-14-6-13-16(20(33)24(14)38-3)18(31)9-4-12(37-2)10(29)5-11(9)40-13/h4-6,8,15,17,19,21-23,25-30,32-36H,7H2,1-3H3/t8-,15-,17-,19-,21+,22+,23+,25-,26-,27-/m1/s1. The Labute approximate surface area is 242 Å². The molecular weight excluding hydrogens is 580 g/mol. The highest BCUT2D eigenvalue weighted by atomic mass is 16.8. The fourth-order valence-corrected chi connectivity index (χ4v) is 5.12. The molecule has 0 radical (unpaired) electrons. The van der Waals surface area contributed by atoms with Gasteiger partial charge in [-0.05, 0) is 13.0 Å². The van der Waals surface area contributed by atoms with Crippen LogP contribution in [0.15, 0.2) is 27.4 Å². The van der Waals surface area contributed by atoms with E-state index in [9.17, 15) is 45.6 Å². The predicted molar refractivity (Wildman–Crippen MR) is 142 cm³/mol. The van der Waals surface area contributed by atoms with Gasteiger partial charge in [0.05, 0.1) is 32.3 Å². The summed E-state index contributed by atoms with van der Waals surface area (Å²) in [5, 5.41) is 82.7. The van der Waals surface area contributed by atoms with Gasteiger partial charge in [0.1, 0.15) is 53.2 Å². The Hall–Kier alpha value is -3.45. The first-order valence-corrected chi connectivity index (χ1v) is 13.1. The van der Waals surface area contributed by atoms with Crippen molar-refractivity contribution < 1.29 is 73.7 Å². The zero-order chi connectivity index (χ0) is 31.3. The second-order valence-corrected chi connectivity index (χ2v) is 10.2. The van der Waals surface area contributed by atoms with E-state index in [1.807, 2.05) is 0 Å². The molecule has 8 N–H and O–H groups in total. The average Bonchev–Trinajstić information content (AvgIpc) is 2.97. The Bertz CT molecular complexity index is 1540. The molecule has 0 amide bonds. The minimum absolute atomic E-state index is 0.00582. The van der Waals surface area contributed by atoms with E-state index in [1.165, 1.54) is 27.2 Å². The lowest BCUT2D eigenvalue weighted by atomic mass is 9.97. The van der Waals surface area contributed by atoms with Crippen LogP contribution in [0.5, 0.6) is 28.7 Å². The number of ether oxygens (including phenoxy) is 6. The van der Waals surface area contributed by atoms with Crippen molar-refractivity contribution >= 4 is 21.9 Å². The summed E-state index contributed by atoms with van der Waals surface area (Å²) in [5.41, 5.74) is -0.956. The molecule has 0 unspecified atom stereocenters. The Kier molecular flexibility index (Phi) is 8.59. The maximum Gasteiger partial charge on any atom is 0.229 e. The van der Waals surface area contributed by atoms with Crippen LogP contribution in [0.2, 0.25) is 0 Å². The highest BCUT2D eigenvalue weighted by molar-refractivity contribution is 5.96. The fourth-order valence-electron chi connectivity index (χ4n) is 5.12. The van der Waals surface area contributed by atoms with Crippen LogP contribution in [0, 0.1) is 0 Å². The molecule has 10 atom stereocenters. The minimum Gasteiger partial charge on any atom is -0.504 e. The highest BCUT2D eigenvalue weighted by Crippen LogP contribution is 2.44. The van der Waals surface area contributed by atoms with Crippen LogP contribution in [0.1, 0.15) is 6.92 Å². The Balaban J connectivity index is 1.57. The zero-order valence-electron chi connectivity index (χ0n) is 23.1. The van der Waals surface area contributed by atoms with Crippen molar-refractivity contribution in [1.82, 2.24) is 0 Å². The van der Waals surface area contributed by atoms with Gasteiger partial charge in [-0.2, -0.15) is 0 Å². The summed E-state index contributed by atoms with van der Waals surface area (Å²) in [4.78, 5) is 13.3. The molecule has 3 heterocycles. The predicted octanol–water partition coefficient (Wildman–Crippen LogP) is -1.59. The first kappa shape index (κ1) is 31.0. The SMILES string of the molecule is COc1cc2c(=O)c3c(O)c(OC)c(O[C@@H]4O[C@H](CO)[C@@H](O)[C@H](O)[C@H]4O[C@H]4O[C@H](C)[C@@H](O)[C@H](O)[C@@H]4O)cc3oc2cc1O. The number of aromatic hydroxyl groups is 2. The molecular formula is C27H32O16. The molecule has 1 aromatic heterocycles. The number of fused-ring (bicyclic) bond motifs is 2. The van der Waals surface area contributed by atoms with Crippen molar-refractivity contribution in [2.75, 3.05) is 20.8 Å². The number of rotatable bonds is 7. The lowest BCUT2D eigenvalue weighted by Gasteiger charge is -2.45. The van der Waals surface area contributed by atoms with Gasteiger partial charge in [0, 0.05) is 12.1 Å². The lowest BCUT2D eigenvalue weighted by molar-refractivity contribution is -0.354. The zero-order valence-corrected chi connectivity index (χ0v) is 23.1. The van der Waals surface area contributed by atoms with Crippen LogP contribution < -0.4 is 19.6 Å². The smallest absolute Gasteiger partial charge is 0.229 e. The molecule has 2 saturated heterocycles. The van der Waals surface area contributed by atoms with Crippen molar-refractivity contribution in [2.24, 2.45) is 0 Å². The summed E-state index contributed by atoms with van der Waals surface area (Å²) in [6, 6.07) is 3.55. The van der Waals surface area contributed by atoms with Crippen LogP contribution in [0.25, 0.3) is 21.9 Å². The van der Waals surface area contributed by atoms with Gasteiger partial charge in [-0.15, -0.1) is 0 Å². The molecule has 0 aliphatic carbocycles. The molecule has 2 aliphatic heterocycles. The number of phenols is 2. The third-order valence-electron chi connectivity index (χ3n) is 7.53. The first-order chi connectivity index (χ1) is 20.4. The van der Waals surface area contributed by atoms with Crippen LogP contribution in [0.3, 0.4) is 0 Å². The van der Waals surface area contributed by atoms with Crippen LogP contribution >= 0.6 is 0 Å². The third kappa shape index (κ3) is 5.30. The molecule has 3 aromatic rings. The van der Waals surface area contributed by atoms with E-state index < -0.39 is 79.2 Å². The van der Waals surface area contributed by atoms with Crippen molar-refractivity contribution in [2.45, 2.75) is 68.3 Å². The minimum atomic E-state index is -1.81. The maximum atomic E-state index is 13.3. The van der Waals surface area contributed by atoms with Gasteiger partial charge in [0.25, 0.3) is 0 Å². The van der Waals surface area contributed by atoms with E-state index >= 15 is 0 Å². The topological polar surface area (TPSA) is 247 Å². The largest absolute Gasteiger partial charge is 0.504 e. The summed E-state index contributed by atoms with van der Waals surface area (Å²) < 4.78 is 38.8. The average molecular weight is 613 g/mol. The van der Waals surface area contributed by atoms with Crippen molar-refractivity contribution in [3.8, 4) is 28.7 Å². The molecule has 16 heteroatoms. The number of aliphatic hydroxyl groups excluding tert-OH is 6. The van der Waals surface area contributed by atoms with E-state index in [2.05, 4.69) is 0 Å². The summed E-state index contributed by atoms with van der Waals surface area (Å²) in [5.74, 6) is -1.69. The van der Waals surface area contributed by atoms with Crippen LogP contribution in [0.4, 0.5) is 0 Å². The van der Waals surface area contributed by atoms with Crippen molar-refractivity contribution in [3.05, 3.63) is 28.4 Å². The number of aliphatic hydroxyl groups is 6. The number of methoxy groups -OCH3 is 2. The van der Waals surface area contributed by atoms with Gasteiger partial charge < -0.3 is 73.7 Å². The molecule has 0 spiro atoms. The molecule has 0 bridgehead atoms. The van der Waals surface area contributed by atoms with Gasteiger partial charge in [0.15, 0.2) is 35.4 Å². The van der Waals surface area contributed by atoms with E-state index in [0.717, 1.165) is 12.1 Å². The molecule has 5 rings (SSSR count). The molecule has 2 aliphatic rings. The second kappa shape index (κ2) is 11.9. The summed E-state index contributed by atoms with van der Waals surface area (Å²) in [6.45, 7) is 0.647. The second-order valence-electron chi connectivity index (χ2n) is 10.2. The van der Waals surface area contributed by atoms with Crippen molar-refractivity contribution in [3.63, 3.8) is 0 Å². The van der Waals surface area contributed by atoms with E-state index in [-0.39, 0.29) is 44.9 Å². The quantitative estimate of drug-likeness (QED) is 0.140. The molecule has 236 valence electrons. The van der Waals surface area contributed by atoms with Gasteiger partial charge in [-0.1, -0.05) is 0 Å². The molecule has 2 aromatic carbocycles. The van der Waals surface area contributed by atoms with Crippen LogP contribution in [-0.2, 0) is 14.2 Å². The normalized spacial score (nSPS) is 33.0. The summed E-state index contributed by atoms with van der Waals surface area (Å²) in [7, 11) is 2.46. The maximum absolute atomic E-state index is 13.3. The highest BCUT2D eigenvalue weighted by Gasteiger charge is 2.51. The molecule has 0 saturated carbocycles. The Morgan fingerprint density at radius 3 is 2.19 bits per heavy atom. The van der Waals surface area contributed by atoms with E-state index in [4.69, 9.17) is 32.8 Å². The number of phenolic OH excluding ortho intramolecular Hbond substituents is 2. The first-order valence-electron chi connectivity index (χ1n) is 13.1. The fraction of sp³-hybridized carbons (Fsp3) is 0.519. The van der Waals surface area contributed by atoms with Gasteiger partial charge in [0.2, 0.25) is 17.5 Å². The Morgan fingerprint density at radius 1 is 0.814 bits per heavy atom. The lowest BCUT2D eigenvalue weighted by Crippen LogP contribution is -2.64. The monoisotopic (exact) mass is 612 g/mol. The number of hydrogen-bond acceptors (Lipinski definition) is 16. The van der Waals surface area contributed by atoms with E-state index in [0.29, 0.717) is 0 Å². The van der Waals surface area contributed by atoms with Gasteiger partial charge >= 0.3 is 0 Å². The molecule has 16 nitrogen and oxygen atoms in total.